The number of carbonyl (C=O) groups is 2. The molecule has 3 fully saturated rings. The molecular formula is C13H21N3O2. The van der Waals surface area contributed by atoms with Gasteiger partial charge in [-0.25, -0.2) is 0 Å². The van der Waals surface area contributed by atoms with E-state index in [0.29, 0.717) is 30.7 Å². The Kier molecular flexibility index (Phi) is 3.01. The lowest BCUT2D eigenvalue weighted by molar-refractivity contribution is -0.135. The zero-order valence-corrected chi connectivity index (χ0v) is 10.8. The predicted octanol–water partition coefficient (Wildman–Crippen LogP) is -0.279. The monoisotopic (exact) mass is 251 g/mol. The van der Waals surface area contributed by atoms with E-state index in [1.807, 2.05) is 4.90 Å². The van der Waals surface area contributed by atoms with Crippen LogP contribution < -0.4 is 10.6 Å². The highest BCUT2D eigenvalue weighted by Gasteiger charge is 2.46. The van der Waals surface area contributed by atoms with Crippen LogP contribution in [0.15, 0.2) is 0 Å². The molecule has 3 saturated heterocycles. The number of amides is 2. The number of carbonyl (C=O) groups excluding carboxylic acids is 2. The minimum Gasteiger partial charge on any atom is -0.344 e. The topological polar surface area (TPSA) is 61.4 Å². The maximum atomic E-state index is 12.5. The van der Waals surface area contributed by atoms with E-state index < -0.39 is 0 Å². The Bertz CT molecular complexity index is 371. The summed E-state index contributed by atoms with van der Waals surface area (Å²) in [6.07, 6.45) is 2.17. The van der Waals surface area contributed by atoms with Gasteiger partial charge in [0.1, 0.15) is 6.04 Å². The maximum Gasteiger partial charge on any atom is 0.245 e. The van der Waals surface area contributed by atoms with Crippen LogP contribution in [0.3, 0.4) is 0 Å². The van der Waals surface area contributed by atoms with Crippen molar-refractivity contribution >= 4 is 11.8 Å². The second-order valence-electron chi connectivity index (χ2n) is 5.71. The normalized spacial score (nSPS) is 38.9. The molecule has 100 valence electrons. The van der Waals surface area contributed by atoms with Crippen LogP contribution >= 0.6 is 0 Å². The van der Waals surface area contributed by atoms with Crippen molar-refractivity contribution in [2.24, 2.45) is 11.8 Å². The molecule has 3 heterocycles. The molecule has 0 aromatic heterocycles. The van der Waals surface area contributed by atoms with E-state index in [4.69, 9.17) is 0 Å². The lowest BCUT2D eigenvalue weighted by Crippen LogP contribution is -2.48. The van der Waals surface area contributed by atoms with E-state index in [0.717, 1.165) is 26.1 Å². The number of rotatable bonds is 2. The first-order chi connectivity index (χ1) is 8.70. The zero-order valence-electron chi connectivity index (χ0n) is 10.8. The summed E-state index contributed by atoms with van der Waals surface area (Å²) in [5.41, 5.74) is 0. The molecule has 0 aromatic carbocycles. The van der Waals surface area contributed by atoms with Crippen LogP contribution in [-0.2, 0) is 9.59 Å². The van der Waals surface area contributed by atoms with Crippen LogP contribution in [0.25, 0.3) is 0 Å². The van der Waals surface area contributed by atoms with Gasteiger partial charge in [-0.2, -0.15) is 0 Å². The Morgan fingerprint density at radius 1 is 1.44 bits per heavy atom. The third kappa shape index (κ3) is 1.81. The summed E-state index contributed by atoms with van der Waals surface area (Å²) < 4.78 is 0. The molecule has 0 saturated carbocycles. The van der Waals surface area contributed by atoms with Gasteiger partial charge in [-0.3, -0.25) is 9.59 Å². The van der Waals surface area contributed by atoms with Gasteiger partial charge in [-0.05, 0) is 24.7 Å². The third-order valence-corrected chi connectivity index (χ3v) is 4.71. The van der Waals surface area contributed by atoms with E-state index in [-0.39, 0.29) is 17.9 Å². The van der Waals surface area contributed by atoms with Gasteiger partial charge in [-0.15, -0.1) is 0 Å². The molecule has 0 radical (unpaired) electrons. The molecule has 5 heteroatoms. The van der Waals surface area contributed by atoms with Crippen LogP contribution in [0.1, 0.15) is 26.2 Å². The van der Waals surface area contributed by atoms with E-state index in [1.165, 1.54) is 0 Å². The molecule has 5 nitrogen and oxygen atoms in total. The van der Waals surface area contributed by atoms with Crippen molar-refractivity contribution in [3.05, 3.63) is 0 Å². The molecule has 0 aliphatic carbocycles. The average Bonchev–Trinajstić information content (AvgIpc) is 3.01. The van der Waals surface area contributed by atoms with Gasteiger partial charge < -0.3 is 15.5 Å². The summed E-state index contributed by atoms with van der Waals surface area (Å²) in [7, 11) is 0. The van der Waals surface area contributed by atoms with Crippen LogP contribution in [0, 0.1) is 11.8 Å². The molecule has 3 aliphatic rings. The highest BCUT2D eigenvalue weighted by atomic mass is 16.2. The molecule has 0 spiro atoms. The largest absolute Gasteiger partial charge is 0.344 e. The van der Waals surface area contributed by atoms with Crippen LogP contribution in [-0.4, -0.2) is 48.4 Å². The van der Waals surface area contributed by atoms with Crippen molar-refractivity contribution in [2.75, 3.05) is 19.6 Å². The minimum atomic E-state index is -0.265. The molecule has 2 N–H and O–H groups in total. The lowest BCUT2D eigenvalue weighted by Gasteiger charge is -2.29. The Hall–Kier alpha value is -1.10. The van der Waals surface area contributed by atoms with Crippen LogP contribution in [0.2, 0.25) is 0 Å². The van der Waals surface area contributed by atoms with Crippen molar-refractivity contribution < 1.29 is 9.59 Å². The maximum absolute atomic E-state index is 12.5. The van der Waals surface area contributed by atoms with Crippen LogP contribution in [0.4, 0.5) is 0 Å². The summed E-state index contributed by atoms with van der Waals surface area (Å²) in [6, 6.07) is 0.0911. The fourth-order valence-electron chi connectivity index (χ4n) is 3.80. The Morgan fingerprint density at radius 2 is 2.28 bits per heavy atom. The average molecular weight is 251 g/mol. The summed E-state index contributed by atoms with van der Waals surface area (Å²) in [4.78, 5) is 25.7. The van der Waals surface area contributed by atoms with E-state index >= 15 is 0 Å². The van der Waals surface area contributed by atoms with E-state index in [2.05, 4.69) is 17.6 Å². The van der Waals surface area contributed by atoms with Crippen molar-refractivity contribution in [2.45, 2.75) is 38.3 Å². The summed E-state index contributed by atoms with van der Waals surface area (Å²) >= 11 is 0. The summed E-state index contributed by atoms with van der Waals surface area (Å²) in [5.74, 6) is 1.37. The summed E-state index contributed by atoms with van der Waals surface area (Å²) in [6.45, 7) is 5.08. The molecule has 4 atom stereocenters. The minimum absolute atomic E-state index is 0.0162. The number of hydrogen-bond acceptors (Lipinski definition) is 3. The van der Waals surface area contributed by atoms with Crippen LogP contribution in [0.5, 0.6) is 0 Å². The third-order valence-electron chi connectivity index (χ3n) is 4.71. The standard InChI is InChI=1S/C13H21N3O2/c1-2-11-9-6-14-5-8(9)7-16(11)13(18)10-3-4-12(17)15-10/h8-11,14H,2-7H2,1H3,(H,15,17). The van der Waals surface area contributed by atoms with Gasteiger partial charge in [0.25, 0.3) is 0 Å². The first kappa shape index (κ1) is 12.0. The van der Waals surface area contributed by atoms with Crippen molar-refractivity contribution in [3.8, 4) is 0 Å². The smallest absolute Gasteiger partial charge is 0.245 e. The Balaban J connectivity index is 1.72. The van der Waals surface area contributed by atoms with E-state index in [9.17, 15) is 9.59 Å². The molecule has 3 rings (SSSR count). The SMILES string of the molecule is CCC1C2CNCC2CN1C(=O)C1CCC(=O)N1. The number of nitrogens with zero attached hydrogens (tertiary/aromatic N) is 1. The van der Waals surface area contributed by atoms with Gasteiger partial charge in [0.2, 0.25) is 11.8 Å². The number of hydrogen-bond donors (Lipinski definition) is 2. The molecule has 4 unspecified atom stereocenters. The molecule has 0 bridgehead atoms. The number of likely N-dealkylation sites (tertiary alicyclic amines) is 1. The number of nitrogens with one attached hydrogen (secondary N) is 2. The van der Waals surface area contributed by atoms with Gasteiger partial charge in [0, 0.05) is 32.1 Å². The first-order valence-electron chi connectivity index (χ1n) is 7.01. The second-order valence-corrected chi connectivity index (χ2v) is 5.71. The fraction of sp³-hybridized carbons (Fsp3) is 0.846. The van der Waals surface area contributed by atoms with Crippen molar-refractivity contribution in [1.82, 2.24) is 15.5 Å². The van der Waals surface area contributed by atoms with Crippen molar-refractivity contribution in [1.29, 1.82) is 0 Å². The Morgan fingerprint density at radius 3 is 2.94 bits per heavy atom. The predicted molar refractivity (Wildman–Crippen MR) is 66.8 cm³/mol. The van der Waals surface area contributed by atoms with Gasteiger partial charge >= 0.3 is 0 Å². The van der Waals surface area contributed by atoms with Gasteiger partial charge in [0.05, 0.1) is 0 Å². The fourth-order valence-corrected chi connectivity index (χ4v) is 3.80. The Labute approximate surface area is 107 Å². The lowest BCUT2D eigenvalue weighted by atomic mass is 9.93. The quantitative estimate of drug-likeness (QED) is 0.709. The molecular weight excluding hydrogens is 230 g/mol. The van der Waals surface area contributed by atoms with Gasteiger partial charge in [-0.1, -0.05) is 6.92 Å². The molecule has 3 aliphatic heterocycles. The highest BCUT2D eigenvalue weighted by molar-refractivity contribution is 5.91. The zero-order chi connectivity index (χ0) is 12.7. The first-order valence-corrected chi connectivity index (χ1v) is 7.01. The summed E-state index contributed by atoms with van der Waals surface area (Å²) in [5, 5.41) is 6.21. The van der Waals surface area contributed by atoms with E-state index in [1.54, 1.807) is 0 Å². The second kappa shape index (κ2) is 4.53. The van der Waals surface area contributed by atoms with Crippen molar-refractivity contribution in [3.63, 3.8) is 0 Å². The number of fused-ring (bicyclic) bond motifs is 1. The highest BCUT2D eigenvalue weighted by Crippen LogP contribution is 2.35. The molecule has 0 aromatic rings. The molecule has 18 heavy (non-hydrogen) atoms. The van der Waals surface area contributed by atoms with Gasteiger partial charge in [0.15, 0.2) is 0 Å². The molecule has 2 amide bonds.